The molecule has 4 nitrogen and oxygen atoms in total. The van der Waals surface area contributed by atoms with Gasteiger partial charge in [0.15, 0.2) is 0 Å². The van der Waals surface area contributed by atoms with Crippen LogP contribution in [0, 0.1) is 5.92 Å². The third kappa shape index (κ3) is 4.47. The number of hydrogen-bond donors (Lipinski definition) is 3. The zero-order chi connectivity index (χ0) is 13.5. The Labute approximate surface area is 108 Å². The van der Waals surface area contributed by atoms with E-state index < -0.39 is 6.04 Å². The molecule has 0 aromatic heterocycles. The summed E-state index contributed by atoms with van der Waals surface area (Å²) in [5.74, 6) is -0.0329. The number of aliphatic hydroxyl groups is 1. The highest BCUT2D eigenvalue weighted by Crippen LogP contribution is 2.04. The van der Waals surface area contributed by atoms with E-state index in [0.717, 1.165) is 5.56 Å². The summed E-state index contributed by atoms with van der Waals surface area (Å²) >= 11 is 0. The molecule has 18 heavy (non-hydrogen) atoms. The smallest absolute Gasteiger partial charge is 0.237 e. The predicted octanol–water partition coefficient (Wildman–Crippen LogP) is 0.690. The molecule has 0 radical (unpaired) electrons. The Kier molecular flexibility index (Phi) is 5.82. The summed E-state index contributed by atoms with van der Waals surface area (Å²) in [7, 11) is 0. The third-order valence-electron chi connectivity index (χ3n) is 2.96. The highest BCUT2D eigenvalue weighted by Gasteiger charge is 2.19. The Hall–Kier alpha value is -1.39. The van der Waals surface area contributed by atoms with Crippen LogP contribution in [0.15, 0.2) is 30.3 Å². The molecular formula is C14H22N2O2. The quantitative estimate of drug-likeness (QED) is 0.695. The molecular weight excluding hydrogens is 228 g/mol. The van der Waals surface area contributed by atoms with Crippen molar-refractivity contribution in [2.75, 3.05) is 6.61 Å². The maximum atomic E-state index is 11.9. The van der Waals surface area contributed by atoms with E-state index >= 15 is 0 Å². The van der Waals surface area contributed by atoms with Gasteiger partial charge in [0.2, 0.25) is 5.91 Å². The molecule has 2 atom stereocenters. The van der Waals surface area contributed by atoms with Crippen LogP contribution in [-0.4, -0.2) is 29.7 Å². The Morgan fingerprint density at radius 3 is 2.44 bits per heavy atom. The fourth-order valence-electron chi connectivity index (χ4n) is 1.67. The minimum Gasteiger partial charge on any atom is -0.394 e. The summed E-state index contributed by atoms with van der Waals surface area (Å²) < 4.78 is 0. The van der Waals surface area contributed by atoms with E-state index in [1.807, 2.05) is 44.2 Å². The summed E-state index contributed by atoms with van der Waals surface area (Å²) in [5, 5.41) is 11.9. The minimum absolute atomic E-state index is 0.0680. The van der Waals surface area contributed by atoms with E-state index in [2.05, 4.69) is 5.32 Å². The highest BCUT2D eigenvalue weighted by molar-refractivity contribution is 5.82. The molecule has 0 aliphatic rings. The second-order valence-corrected chi connectivity index (χ2v) is 4.84. The Morgan fingerprint density at radius 1 is 1.33 bits per heavy atom. The number of rotatable bonds is 6. The summed E-state index contributed by atoms with van der Waals surface area (Å²) in [6.07, 6.45) is 0.503. The number of carbonyl (C=O) groups is 1. The van der Waals surface area contributed by atoms with Crippen molar-refractivity contribution in [2.45, 2.75) is 32.4 Å². The molecule has 1 aromatic rings. The lowest BCUT2D eigenvalue weighted by molar-refractivity contribution is -0.123. The maximum Gasteiger partial charge on any atom is 0.237 e. The molecule has 0 spiro atoms. The highest BCUT2D eigenvalue weighted by atomic mass is 16.3. The molecule has 1 rings (SSSR count). The fourth-order valence-corrected chi connectivity index (χ4v) is 1.67. The molecule has 0 saturated carbocycles. The van der Waals surface area contributed by atoms with Gasteiger partial charge in [-0.15, -0.1) is 0 Å². The molecule has 1 aromatic carbocycles. The van der Waals surface area contributed by atoms with Gasteiger partial charge in [0.1, 0.15) is 0 Å². The zero-order valence-corrected chi connectivity index (χ0v) is 11.0. The van der Waals surface area contributed by atoms with Crippen molar-refractivity contribution < 1.29 is 9.90 Å². The van der Waals surface area contributed by atoms with Crippen LogP contribution in [0.3, 0.4) is 0 Å². The van der Waals surface area contributed by atoms with Crippen LogP contribution in [0.5, 0.6) is 0 Å². The van der Waals surface area contributed by atoms with Crippen molar-refractivity contribution in [3.63, 3.8) is 0 Å². The van der Waals surface area contributed by atoms with E-state index in [1.54, 1.807) is 0 Å². The Balaban J connectivity index is 2.51. The number of amides is 1. The van der Waals surface area contributed by atoms with E-state index in [9.17, 15) is 4.79 Å². The molecule has 4 N–H and O–H groups in total. The van der Waals surface area contributed by atoms with Crippen molar-refractivity contribution in [1.82, 2.24) is 5.32 Å². The van der Waals surface area contributed by atoms with Crippen LogP contribution in [0.2, 0.25) is 0 Å². The van der Waals surface area contributed by atoms with Crippen LogP contribution in [0.25, 0.3) is 0 Å². The lowest BCUT2D eigenvalue weighted by Gasteiger charge is -2.22. The number of nitrogens with two attached hydrogens (primary N) is 1. The second-order valence-electron chi connectivity index (χ2n) is 4.84. The summed E-state index contributed by atoms with van der Waals surface area (Å²) in [5.41, 5.74) is 6.89. The average Bonchev–Trinajstić information content (AvgIpc) is 2.36. The van der Waals surface area contributed by atoms with E-state index in [4.69, 9.17) is 10.8 Å². The van der Waals surface area contributed by atoms with Crippen LogP contribution in [0.1, 0.15) is 19.4 Å². The largest absolute Gasteiger partial charge is 0.394 e. The third-order valence-corrected chi connectivity index (χ3v) is 2.96. The number of nitrogens with one attached hydrogen (secondary N) is 1. The molecule has 100 valence electrons. The number of carbonyl (C=O) groups excluding carboxylic acids is 1. The standard InChI is InChI=1S/C14H22N2O2/c1-10(2)13(9-17)16-14(18)12(15)8-11-6-4-3-5-7-11/h3-7,10,12-13,17H,8-9,15H2,1-2H3,(H,16,18)/t12-,13?/m0/s1. The molecule has 1 unspecified atom stereocenters. The normalized spacial score (nSPS) is 14.3. The molecule has 0 aliphatic heterocycles. The van der Waals surface area contributed by atoms with Gasteiger partial charge in [-0.05, 0) is 17.9 Å². The first-order valence-corrected chi connectivity index (χ1v) is 6.25. The predicted molar refractivity (Wildman–Crippen MR) is 72.0 cm³/mol. The fraction of sp³-hybridized carbons (Fsp3) is 0.500. The van der Waals surface area contributed by atoms with Crippen LogP contribution >= 0.6 is 0 Å². The molecule has 0 saturated heterocycles. The molecule has 4 heteroatoms. The SMILES string of the molecule is CC(C)C(CO)NC(=O)[C@@H](N)Cc1ccccc1. The van der Waals surface area contributed by atoms with E-state index in [0.29, 0.717) is 6.42 Å². The Bertz CT molecular complexity index is 365. The average molecular weight is 250 g/mol. The van der Waals surface area contributed by atoms with Crippen molar-refractivity contribution in [3.05, 3.63) is 35.9 Å². The number of benzene rings is 1. The van der Waals surface area contributed by atoms with Crippen molar-refractivity contribution in [2.24, 2.45) is 11.7 Å². The van der Waals surface area contributed by atoms with Gasteiger partial charge >= 0.3 is 0 Å². The van der Waals surface area contributed by atoms with Gasteiger partial charge in [0, 0.05) is 0 Å². The van der Waals surface area contributed by atoms with Gasteiger partial charge in [0.25, 0.3) is 0 Å². The first-order chi connectivity index (χ1) is 8.54. The zero-order valence-electron chi connectivity index (χ0n) is 11.0. The molecule has 0 fully saturated rings. The number of hydrogen-bond acceptors (Lipinski definition) is 3. The van der Waals surface area contributed by atoms with Crippen LogP contribution in [-0.2, 0) is 11.2 Å². The van der Waals surface area contributed by atoms with Crippen LogP contribution < -0.4 is 11.1 Å². The Morgan fingerprint density at radius 2 is 1.94 bits per heavy atom. The lowest BCUT2D eigenvalue weighted by atomic mass is 10.0. The summed E-state index contributed by atoms with van der Waals surface area (Å²) in [6.45, 7) is 3.83. The van der Waals surface area contributed by atoms with E-state index in [-0.39, 0.29) is 24.5 Å². The first-order valence-electron chi connectivity index (χ1n) is 6.25. The van der Waals surface area contributed by atoms with Gasteiger partial charge in [0.05, 0.1) is 18.7 Å². The summed E-state index contributed by atoms with van der Waals surface area (Å²) in [4.78, 5) is 11.9. The molecule has 1 amide bonds. The monoisotopic (exact) mass is 250 g/mol. The lowest BCUT2D eigenvalue weighted by Crippen LogP contribution is -2.49. The minimum atomic E-state index is -0.583. The molecule has 0 heterocycles. The van der Waals surface area contributed by atoms with Gasteiger partial charge in [-0.2, -0.15) is 0 Å². The van der Waals surface area contributed by atoms with Crippen LogP contribution in [0.4, 0.5) is 0 Å². The molecule has 0 bridgehead atoms. The van der Waals surface area contributed by atoms with E-state index in [1.165, 1.54) is 0 Å². The van der Waals surface area contributed by atoms with Gasteiger partial charge < -0.3 is 16.2 Å². The number of aliphatic hydroxyl groups excluding tert-OH is 1. The van der Waals surface area contributed by atoms with Gasteiger partial charge in [-0.1, -0.05) is 44.2 Å². The van der Waals surface area contributed by atoms with Crippen molar-refractivity contribution in [3.8, 4) is 0 Å². The van der Waals surface area contributed by atoms with Gasteiger partial charge in [-0.3, -0.25) is 4.79 Å². The first kappa shape index (κ1) is 14.7. The summed E-state index contributed by atoms with van der Waals surface area (Å²) in [6, 6.07) is 8.84. The second kappa shape index (κ2) is 7.13. The maximum absolute atomic E-state index is 11.9. The molecule has 0 aliphatic carbocycles. The topological polar surface area (TPSA) is 75.3 Å². The van der Waals surface area contributed by atoms with Gasteiger partial charge in [-0.25, -0.2) is 0 Å². The van der Waals surface area contributed by atoms with Crippen molar-refractivity contribution >= 4 is 5.91 Å². The van der Waals surface area contributed by atoms with Crippen molar-refractivity contribution in [1.29, 1.82) is 0 Å².